The van der Waals surface area contributed by atoms with Gasteiger partial charge in [-0.15, -0.1) is 0 Å². The predicted octanol–water partition coefficient (Wildman–Crippen LogP) is 0.661. The molecule has 1 aromatic carbocycles. The monoisotopic (exact) mass is 219 g/mol. The van der Waals surface area contributed by atoms with Gasteiger partial charge in [-0.25, -0.2) is 4.79 Å². The first-order chi connectivity index (χ1) is 7.66. The SMILES string of the molecule is COC(=O)[C@]1(Cc2ccccc2)CC(=O)N1. The van der Waals surface area contributed by atoms with E-state index in [1.807, 2.05) is 30.3 Å². The molecule has 0 unspecified atom stereocenters. The molecule has 0 bridgehead atoms. The molecule has 1 saturated heterocycles. The van der Waals surface area contributed by atoms with Gasteiger partial charge in [0.05, 0.1) is 13.5 Å². The van der Waals surface area contributed by atoms with Crippen LogP contribution >= 0.6 is 0 Å². The Morgan fingerprint density at radius 2 is 2.06 bits per heavy atom. The van der Waals surface area contributed by atoms with Crippen molar-refractivity contribution in [3.05, 3.63) is 35.9 Å². The number of hydrogen-bond acceptors (Lipinski definition) is 3. The first-order valence-electron chi connectivity index (χ1n) is 5.10. The van der Waals surface area contributed by atoms with Gasteiger partial charge >= 0.3 is 5.97 Å². The maximum Gasteiger partial charge on any atom is 0.332 e. The van der Waals surface area contributed by atoms with Gasteiger partial charge in [0.2, 0.25) is 5.91 Å². The minimum Gasteiger partial charge on any atom is -0.467 e. The van der Waals surface area contributed by atoms with E-state index in [1.54, 1.807) is 0 Å². The standard InChI is InChI=1S/C12H13NO3/c1-16-11(15)12(8-10(14)13-12)7-9-5-3-2-4-6-9/h2-6H,7-8H2,1H3,(H,13,14)/t12-/m0/s1. The lowest BCUT2D eigenvalue weighted by Crippen LogP contribution is -2.67. The van der Waals surface area contributed by atoms with Crippen molar-refractivity contribution in [2.75, 3.05) is 7.11 Å². The van der Waals surface area contributed by atoms with Crippen molar-refractivity contribution < 1.29 is 14.3 Å². The van der Waals surface area contributed by atoms with Crippen LogP contribution in [0.1, 0.15) is 12.0 Å². The topological polar surface area (TPSA) is 55.4 Å². The van der Waals surface area contributed by atoms with Crippen molar-refractivity contribution in [3.8, 4) is 0 Å². The van der Waals surface area contributed by atoms with Crippen molar-refractivity contribution >= 4 is 11.9 Å². The number of methoxy groups -OCH3 is 1. The van der Waals surface area contributed by atoms with E-state index in [-0.39, 0.29) is 18.3 Å². The third-order valence-electron chi connectivity index (χ3n) is 2.77. The van der Waals surface area contributed by atoms with Gasteiger partial charge in [-0.1, -0.05) is 30.3 Å². The van der Waals surface area contributed by atoms with E-state index in [2.05, 4.69) is 5.32 Å². The van der Waals surface area contributed by atoms with Crippen molar-refractivity contribution in [1.29, 1.82) is 0 Å². The highest BCUT2D eigenvalue weighted by atomic mass is 16.5. The van der Waals surface area contributed by atoms with Crippen molar-refractivity contribution in [3.63, 3.8) is 0 Å². The molecule has 1 amide bonds. The van der Waals surface area contributed by atoms with E-state index < -0.39 is 5.54 Å². The van der Waals surface area contributed by atoms with E-state index >= 15 is 0 Å². The summed E-state index contributed by atoms with van der Waals surface area (Å²) < 4.78 is 4.72. The van der Waals surface area contributed by atoms with Gasteiger partial charge in [-0.05, 0) is 5.56 Å². The zero-order valence-electron chi connectivity index (χ0n) is 9.03. The molecule has 2 rings (SSSR count). The van der Waals surface area contributed by atoms with Crippen LogP contribution in [0.2, 0.25) is 0 Å². The van der Waals surface area contributed by atoms with Crippen LogP contribution in [-0.2, 0) is 20.7 Å². The molecule has 1 aliphatic rings. The Labute approximate surface area is 93.6 Å². The van der Waals surface area contributed by atoms with Crippen molar-refractivity contribution in [2.24, 2.45) is 0 Å². The van der Waals surface area contributed by atoms with Crippen LogP contribution in [0.25, 0.3) is 0 Å². The molecule has 1 atom stereocenters. The highest BCUT2D eigenvalue weighted by molar-refractivity contribution is 5.99. The number of amides is 1. The van der Waals surface area contributed by atoms with Crippen LogP contribution in [0.5, 0.6) is 0 Å². The second-order valence-electron chi connectivity index (χ2n) is 3.96. The van der Waals surface area contributed by atoms with Gasteiger partial charge in [0.15, 0.2) is 5.54 Å². The lowest BCUT2D eigenvalue weighted by Gasteiger charge is -2.39. The number of carbonyl (C=O) groups is 2. The lowest BCUT2D eigenvalue weighted by molar-refractivity contribution is -0.159. The van der Waals surface area contributed by atoms with E-state index in [1.165, 1.54) is 7.11 Å². The molecule has 0 saturated carbocycles. The van der Waals surface area contributed by atoms with E-state index in [9.17, 15) is 9.59 Å². The van der Waals surface area contributed by atoms with Gasteiger partial charge in [0.1, 0.15) is 0 Å². The Bertz CT molecular complexity index is 406. The Kier molecular flexibility index (Phi) is 2.64. The van der Waals surface area contributed by atoms with Gasteiger partial charge in [-0.2, -0.15) is 0 Å². The lowest BCUT2D eigenvalue weighted by atomic mass is 9.81. The summed E-state index contributed by atoms with van der Waals surface area (Å²) >= 11 is 0. The minimum absolute atomic E-state index is 0.110. The third-order valence-corrected chi connectivity index (χ3v) is 2.77. The largest absolute Gasteiger partial charge is 0.467 e. The Balaban J connectivity index is 2.16. The molecule has 0 spiro atoms. The molecule has 1 aromatic rings. The summed E-state index contributed by atoms with van der Waals surface area (Å²) in [6.07, 6.45) is 0.681. The molecule has 0 aliphatic carbocycles. The predicted molar refractivity (Wildman–Crippen MR) is 57.7 cm³/mol. The number of rotatable bonds is 3. The Morgan fingerprint density at radius 3 is 2.56 bits per heavy atom. The third kappa shape index (κ3) is 1.78. The van der Waals surface area contributed by atoms with E-state index in [4.69, 9.17) is 4.74 Å². The summed E-state index contributed by atoms with van der Waals surface area (Å²) in [6, 6.07) is 9.57. The molecular formula is C12H13NO3. The highest BCUT2D eigenvalue weighted by Crippen LogP contribution is 2.26. The van der Waals surface area contributed by atoms with Crippen LogP contribution in [-0.4, -0.2) is 24.5 Å². The van der Waals surface area contributed by atoms with Crippen molar-refractivity contribution in [1.82, 2.24) is 5.32 Å². The summed E-state index contributed by atoms with van der Waals surface area (Å²) in [5.41, 5.74) is 0.153. The Morgan fingerprint density at radius 1 is 1.44 bits per heavy atom. The van der Waals surface area contributed by atoms with Crippen LogP contribution in [0.3, 0.4) is 0 Å². The molecule has 0 aromatic heterocycles. The van der Waals surface area contributed by atoms with Crippen LogP contribution < -0.4 is 5.32 Å². The van der Waals surface area contributed by atoms with Gasteiger partial charge in [0.25, 0.3) is 0 Å². The molecule has 1 heterocycles. The van der Waals surface area contributed by atoms with Gasteiger partial charge in [-0.3, -0.25) is 4.79 Å². The molecule has 0 radical (unpaired) electrons. The fourth-order valence-corrected chi connectivity index (χ4v) is 1.96. The Hall–Kier alpha value is -1.84. The van der Waals surface area contributed by atoms with Gasteiger partial charge < -0.3 is 10.1 Å². The second-order valence-corrected chi connectivity index (χ2v) is 3.96. The summed E-state index contributed by atoms with van der Waals surface area (Å²) in [7, 11) is 1.33. The minimum atomic E-state index is -0.854. The first kappa shape index (κ1) is 10.7. The highest BCUT2D eigenvalue weighted by Gasteiger charge is 2.50. The maximum absolute atomic E-state index is 11.6. The summed E-state index contributed by atoms with van der Waals surface area (Å²) in [4.78, 5) is 22.6. The number of esters is 1. The normalized spacial score (nSPS) is 23.2. The molecule has 4 heteroatoms. The quantitative estimate of drug-likeness (QED) is 0.600. The average molecular weight is 219 g/mol. The first-order valence-corrected chi connectivity index (χ1v) is 5.10. The number of benzene rings is 1. The maximum atomic E-state index is 11.6. The van der Waals surface area contributed by atoms with E-state index in [0.717, 1.165) is 5.56 Å². The molecule has 1 N–H and O–H groups in total. The summed E-state index contributed by atoms with van der Waals surface area (Å²) in [6.45, 7) is 0. The van der Waals surface area contributed by atoms with Crippen LogP contribution in [0.15, 0.2) is 30.3 Å². The number of carbonyl (C=O) groups excluding carboxylic acids is 2. The fraction of sp³-hybridized carbons (Fsp3) is 0.333. The summed E-state index contributed by atoms with van der Waals surface area (Å²) in [5.74, 6) is -0.489. The zero-order chi connectivity index (χ0) is 11.6. The molecule has 1 aliphatic heterocycles. The smallest absolute Gasteiger partial charge is 0.332 e. The van der Waals surface area contributed by atoms with E-state index in [0.29, 0.717) is 6.42 Å². The number of hydrogen-bond donors (Lipinski definition) is 1. The molecule has 4 nitrogen and oxygen atoms in total. The number of β-lactam (4-membered cyclic amide) rings is 1. The fourth-order valence-electron chi connectivity index (χ4n) is 1.96. The summed E-state index contributed by atoms with van der Waals surface area (Å²) in [5, 5.41) is 2.64. The molecule has 84 valence electrons. The number of ether oxygens (including phenoxy) is 1. The second kappa shape index (κ2) is 3.96. The molecular weight excluding hydrogens is 206 g/mol. The van der Waals surface area contributed by atoms with Crippen molar-refractivity contribution in [2.45, 2.75) is 18.4 Å². The number of nitrogens with one attached hydrogen (secondary N) is 1. The van der Waals surface area contributed by atoms with Gasteiger partial charge in [0, 0.05) is 6.42 Å². The molecule has 16 heavy (non-hydrogen) atoms. The van der Waals surface area contributed by atoms with Crippen LogP contribution in [0, 0.1) is 0 Å². The molecule has 1 fully saturated rings. The average Bonchev–Trinajstić information content (AvgIpc) is 2.27. The zero-order valence-corrected chi connectivity index (χ0v) is 9.03. The van der Waals surface area contributed by atoms with Crippen LogP contribution in [0.4, 0.5) is 0 Å².